The summed E-state index contributed by atoms with van der Waals surface area (Å²) in [7, 11) is 0. The zero-order valence-electron chi connectivity index (χ0n) is 12.2. The number of halogens is 2. The lowest BCUT2D eigenvalue weighted by molar-refractivity contribution is 1.01. The minimum Gasteiger partial charge on any atom is -0.330 e. The molecule has 0 saturated carbocycles. The van der Waals surface area contributed by atoms with E-state index >= 15 is 0 Å². The van der Waals surface area contributed by atoms with Crippen molar-refractivity contribution in [3.8, 4) is 0 Å². The third-order valence-electron chi connectivity index (χ3n) is 3.08. The highest BCUT2D eigenvalue weighted by atomic mass is 35.5. The van der Waals surface area contributed by atoms with Crippen molar-refractivity contribution in [3.05, 3.63) is 63.6 Å². The van der Waals surface area contributed by atoms with Crippen molar-refractivity contribution >= 4 is 57.1 Å². The second-order valence-corrected chi connectivity index (χ2v) is 7.93. The van der Waals surface area contributed by atoms with E-state index in [2.05, 4.69) is 34.6 Å². The average molecular weight is 382 g/mol. The second kappa shape index (κ2) is 7.53. The first-order valence-electron chi connectivity index (χ1n) is 6.84. The van der Waals surface area contributed by atoms with Crippen molar-refractivity contribution in [2.45, 2.75) is 17.0 Å². The summed E-state index contributed by atoms with van der Waals surface area (Å²) in [6.07, 6.45) is 0. The standard InChI is InChI=1S/C16H13Cl2N3S2/c1-10-2-6-13(7-3-10)19-15-20-21-16(23-15)22-9-11-4-5-12(17)8-14(11)18/h2-8H,9H2,1H3,(H,19,20). The van der Waals surface area contributed by atoms with Gasteiger partial charge >= 0.3 is 0 Å². The van der Waals surface area contributed by atoms with Gasteiger partial charge in [0.15, 0.2) is 4.34 Å². The number of benzene rings is 2. The van der Waals surface area contributed by atoms with Crippen LogP contribution < -0.4 is 5.32 Å². The van der Waals surface area contributed by atoms with Gasteiger partial charge in [0.05, 0.1) is 0 Å². The molecule has 0 amide bonds. The molecule has 3 nitrogen and oxygen atoms in total. The Morgan fingerprint density at radius 2 is 1.87 bits per heavy atom. The molecule has 2 aromatic carbocycles. The van der Waals surface area contributed by atoms with Gasteiger partial charge in [0.2, 0.25) is 5.13 Å². The van der Waals surface area contributed by atoms with Gasteiger partial charge in [0.25, 0.3) is 0 Å². The number of nitrogens with zero attached hydrogens (tertiary/aromatic N) is 2. The van der Waals surface area contributed by atoms with Gasteiger partial charge in [-0.05, 0) is 36.8 Å². The molecule has 0 aliphatic carbocycles. The van der Waals surface area contributed by atoms with Crippen LogP contribution in [-0.2, 0) is 5.75 Å². The number of hydrogen-bond donors (Lipinski definition) is 1. The SMILES string of the molecule is Cc1ccc(Nc2nnc(SCc3ccc(Cl)cc3Cl)s2)cc1. The second-order valence-electron chi connectivity index (χ2n) is 4.89. The molecule has 3 aromatic rings. The number of aromatic nitrogens is 2. The first kappa shape index (κ1) is 16.6. The van der Waals surface area contributed by atoms with Crippen LogP contribution in [0.5, 0.6) is 0 Å². The molecule has 0 unspecified atom stereocenters. The number of nitrogens with one attached hydrogen (secondary N) is 1. The Bertz CT molecular complexity index is 803. The highest BCUT2D eigenvalue weighted by Crippen LogP contribution is 2.32. The Morgan fingerprint density at radius 1 is 1.09 bits per heavy atom. The molecule has 0 atom stereocenters. The number of aryl methyl sites for hydroxylation is 1. The molecule has 23 heavy (non-hydrogen) atoms. The Morgan fingerprint density at radius 3 is 2.61 bits per heavy atom. The molecule has 0 aliphatic rings. The predicted octanol–water partition coefficient (Wildman–Crippen LogP) is 6.19. The molecule has 0 aliphatic heterocycles. The Balaban J connectivity index is 1.62. The van der Waals surface area contributed by atoms with Crippen LogP contribution in [0.3, 0.4) is 0 Å². The average Bonchev–Trinajstić information content (AvgIpc) is 2.96. The molecule has 1 aromatic heterocycles. The molecule has 1 heterocycles. The molecule has 118 valence electrons. The summed E-state index contributed by atoms with van der Waals surface area (Å²) in [5.74, 6) is 0.731. The summed E-state index contributed by atoms with van der Waals surface area (Å²) in [6, 6.07) is 13.7. The van der Waals surface area contributed by atoms with Gasteiger partial charge in [-0.3, -0.25) is 0 Å². The van der Waals surface area contributed by atoms with E-state index in [0.29, 0.717) is 10.0 Å². The summed E-state index contributed by atoms with van der Waals surface area (Å²) >= 11 is 15.2. The van der Waals surface area contributed by atoms with E-state index in [0.717, 1.165) is 26.5 Å². The Hall–Kier alpha value is -1.27. The largest absolute Gasteiger partial charge is 0.330 e. The van der Waals surface area contributed by atoms with Crippen molar-refractivity contribution in [2.24, 2.45) is 0 Å². The van der Waals surface area contributed by atoms with Crippen molar-refractivity contribution in [3.63, 3.8) is 0 Å². The fourth-order valence-corrected chi connectivity index (χ4v) is 4.19. The van der Waals surface area contributed by atoms with E-state index in [4.69, 9.17) is 23.2 Å². The van der Waals surface area contributed by atoms with Crippen LogP contribution in [-0.4, -0.2) is 10.2 Å². The third kappa shape index (κ3) is 4.61. The normalized spacial score (nSPS) is 10.7. The fraction of sp³-hybridized carbons (Fsp3) is 0.125. The van der Waals surface area contributed by atoms with Gasteiger partial charge < -0.3 is 5.32 Å². The molecular weight excluding hydrogens is 369 g/mol. The quantitative estimate of drug-likeness (QED) is 0.534. The number of anilines is 2. The molecule has 0 bridgehead atoms. The van der Waals surface area contributed by atoms with Crippen LogP contribution in [0, 0.1) is 6.92 Å². The summed E-state index contributed by atoms with van der Waals surface area (Å²) in [6.45, 7) is 2.06. The lowest BCUT2D eigenvalue weighted by atomic mass is 10.2. The van der Waals surface area contributed by atoms with Crippen molar-refractivity contribution in [2.75, 3.05) is 5.32 Å². The number of rotatable bonds is 5. The zero-order valence-corrected chi connectivity index (χ0v) is 15.4. The molecule has 7 heteroatoms. The molecule has 0 radical (unpaired) electrons. The molecule has 0 fully saturated rings. The molecule has 1 N–H and O–H groups in total. The first-order chi connectivity index (χ1) is 11.1. The minimum atomic E-state index is 0.643. The summed E-state index contributed by atoms with van der Waals surface area (Å²) < 4.78 is 0.894. The third-order valence-corrected chi connectivity index (χ3v) is 5.68. The summed E-state index contributed by atoms with van der Waals surface area (Å²) in [5, 5.41) is 13.7. The monoisotopic (exact) mass is 381 g/mol. The van der Waals surface area contributed by atoms with Gasteiger partial charge in [-0.25, -0.2) is 0 Å². The highest BCUT2D eigenvalue weighted by Gasteiger charge is 2.07. The summed E-state index contributed by atoms with van der Waals surface area (Å²) in [4.78, 5) is 0. The predicted molar refractivity (Wildman–Crippen MR) is 100 cm³/mol. The first-order valence-corrected chi connectivity index (χ1v) is 9.40. The van der Waals surface area contributed by atoms with E-state index in [-0.39, 0.29) is 0 Å². The van der Waals surface area contributed by atoms with Gasteiger partial charge in [-0.1, -0.05) is 70.1 Å². The zero-order chi connectivity index (χ0) is 16.2. The molecule has 0 saturated heterocycles. The lowest BCUT2D eigenvalue weighted by Crippen LogP contribution is -1.88. The maximum atomic E-state index is 6.18. The lowest BCUT2D eigenvalue weighted by Gasteiger charge is -2.02. The van der Waals surface area contributed by atoms with Crippen molar-refractivity contribution in [1.82, 2.24) is 10.2 Å². The van der Waals surface area contributed by atoms with Crippen LogP contribution in [0.1, 0.15) is 11.1 Å². The maximum Gasteiger partial charge on any atom is 0.210 e. The smallest absolute Gasteiger partial charge is 0.210 e. The van der Waals surface area contributed by atoms with E-state index in [1.165, 1.54) is 16.9 Å². The topological polar surface area (TPSA) is 37.8 Å². The van der Waals surface area contributed by atoms with Gasteiger partial charge in [-0.2, -0.15) is 0 Å². The van der Waals surface area contributed by atoms with Crippen LogP contribution in [0.15, 0.2) is 46.8 Å². The minimum absolute atomic E-state index is 0.643. The van der Waals surface area contributed by atoms with E-state index in [1.807, 2.05) is 24.3 Å². The molecule has 0 spiro atoms. The van der Waals surface area contributed by atoms with Crippen LogP contribution in [0.25, 0.3) is 0 Å². The van der Waals surface area contributed by atoms with E-state index in [1.54, 1.807) is 17.8 Å². The van der Waals surface area contributed by atoms with Gasteiger partial charge in [0.1, 0.15) is 0 Å². The van der Waals surface area contributed by atoms with Crippen molar-refractivity contribution < 1.29 is 0 Å². The fourth-order valence-electron chi connectivity index (χ4n) is 1.86. The molecular formula is C16H13Cl2N3S2. The molecule has 3 rings (SSSR count). The number of thioether (sulfide) groups is 1. The van der Waals surface area contributed by atoms with Crippen molar-refractivity contribution in [1.29, 1.82) is 0 Å². The van der Waals surface area contributed by atoms with Gasteiger partial charge in [-0.15, -0.1) is 10.2 Å². The summed E-state index contributed by atoms with van der Waals surface area (Å²) in [5.41, 5.74) is 3.26. The van der Waals surface area contributed by atoms with Crippen LogP contribution >= 0.6 is 46.3 Å². The van der Waals surface area contributed by atoms with Crippen LogP contribution in [0.4, 0.5) is 10.8 Å². The highest BCUT2D eigenvalue weighted by molar-refractivity contribution is 8.00. The number of hydrogen-bond acceptors (Lipinski definition) is 5. The Labute approximate surface area is 153 Å². The van der Waals surface area contributed by atoms with Gasteiger partial charge in [0, 0.05) is 21.5 Å². The van der Waals surface area contributed by atoms with E-state index < -0.39 is 0 Å². The Kier molecular flexibility index (Phi) is 5.43. The maximum absolute atomic E-state index is 6.18. The van der Waals surface area contributed by atoms with Crippen LogP contribution in [0.2, 0.25) is 10.0 Å². The van der Waals surface area contributed by atoms with E-state index in [9.17, 15) is 0 Å².